The fraction of sp³-hybridized carbons (Fsp3) is 0.933. The van der Waals surface area contributed by atoms with Gasteiger partial charge in [0, 0.05) is 6.42 Å². The van der Waals surface area contributed by atoms with Gasteiger partial charge < -0.3 is 4.85 Å². The van der Waals surface area contributed by atoms with Crippen molar-refractivity contribution < 1.29 is 0 Å². The topological polar surface area (TPSA) is 4.36 Å². The first-order chi connectivity index (χ1) is 7.91. The molecule has 0 saturated carbocycles. The van der Waals surface area contributed by atoms with E-state index in [4.69, 9.17) is 6.57 Å². The summed E-state index contributed by atoms with van der Waals surface area (Å²) in [4.78, 5) is 3.37. The first-order valence-electron chi connectivity index (χ1n) is 7.25. The van der Waals surface area contributed by atoms with E-state index in [0.717, 1.165) is 13.0 Å². The molecule has 0 spiro atoms. The third kappa shape index (κ3) is 13.5. The molecule has 0 amide bonds. The molecule has 0 saturated heterocycles. The van der Waals surface area contributed by atoms with Gasteiger partial charge in [0.25, 0.3) is 0 Å². The van der Waals surface area contributed by atoms with Gasteiger partial charge in [-0.05, 0) is 6.42 Å². The highest BCUT2D eigenvalue weighted by atomic mass is 14.6. The summed E-state index contributed by atoms with van der Waals surface area (Å²) in [5.41, 5.74) is 0. The van der Waals surface area contributed by atoms with Crippen molar-refractivity contribution in [1.82, 2.24) is 0 Å². The van der Waals surface area contributed by atoms with Crippen LogP contribution in [0.4, 0.5) is 0 Å². The summed E-state index contributed by atoms with van der Waals surface area (Å²) >= 11 is 0. The average Bonchev–Trinajstić information content (AvgIpc) is 2.31. The molecule has 0 aromatic heterocycles. The van der Waals surface area contributed by atoms with Crippen molar-refractivity contribution in [2.75, 3.05) is 6.54 Å². The minimum Gasteiger partial charge on any atom is -0.317 e. The lowest BCUT2D eigenvalue weighted by Crippen LogP contribution is -1.83. The van der Waals surface area contributed by atoms with E-state index in [0.29, 0.717) is 0 Å². The van der Waals surface area contributed by atoms with Crippen molar-refractivity contribution >= 4 is 0 Å². The Kier molecular flexibility index (Phi) is 14.0. The number of hydrogen-bond donors (Lipinski definition) is 0. The van der Waals surface area contributed by atoms with Gasteiger partial charge in [0.1, 0.15) is 0 Å². The number of unbranched alkanes of at least 4 members (excludes halogenated alkanes) is 11. The Morgan fingerprint density at radius 2 is 1.00 bits per heavy atom. The molecule has 0 fully saturated rings. The summed E-state index contributed by atoms with van der Waals surface area (Å²) in [6.45, 7) is 9.67. The Morgan fingerprint density at radius 1 is 0.625 bits per heavy atom. The fourth-order valence-corrected chi connectivity index (χ4v) is 2.03. The molecule has 0 aromatic rings. The lowest BCUT2D eigenvalue weighted by atomic mass is 10.1. The Bertz CT molecular complexity index is 157. The van der Waals surface area contributed by atoms with Gasteiger partial charge in [-0.2, -0.15) is 0 Å². The quantitative estimate of drug-likeness (QED) is 0.299. The molecule has 0 rings (SSSR count). The molecule has 0 aliphatic rings. The molecule has 1 heteroatoms. The van der Waals surface area contributed by atoms with E-state index in [-0.39, 0.29) is 0 Å². The van der Waals surface area contributed by atoms with E-state index < -0.39 is 0 Å². The maximum absolute atomic E-state index is 6.67. The van der Waals surface area contributed by atoms with Crippen molar-refractivity contribution in [2.45, 2.75) is 84.0 Å². The highest BCUT2D eigenvalue weighted by Gasteiger charge is 1.93. The smallest absolute Gasteiger partial charge is 0.214 e. The molecular weight excluding hydrogens is 194 g/mol. The molecule has 0 aliphatic heterocycles. The second-order valence-electron chi connectivity index (χ2n) is 4.77. The maximum atomic E-state index is 6.67. The molecule has 0 aliphatic carbocycles. The lowest BCUT2D eigenvalue weighted by molar-refractivity contribution is 0.547. The van der Waals surface area contributed by atoms with Crippen LogP contribution in [0.2, 0.25) is 0 Å². The normalized spacial score (nSPS) is 10.2. The number of rotatable bonds is 12. The van der Waals surface area contributed by atoms with Crippen LogP contribution in [0, 0.1) is 6.57 Å². The van der Waals surface area contributed by atoms with Gasteiger partial charge in [0.2, 0.25) is 6.54 Å². The molecule has 0 N–H and O–H groups in total. The zero-order valence-corrected chi connectivity index (χ0v) is 11.1. The van der Waals surface area contributed by atoms with Crippen LogP contribution >= 0.6 is 0 Å². The van der Waals surface area contributed by atoms with E-state index in [1.807, 2.05) is 0 Å². The van der Waals surface area contributed by atoms with Crippen LogP contribution in [0.15, 0.2) is 0 Å². The predicted octanol–water partition coefficient (Wildman–Crippen LogP) is 5.61. The molecule has 0 heterocycles. The van der Waals surface area contributed by atoms with Gasteiger partial charge in [0.05, 0.1) is 0 Å². The summed E-state index contributed by atoms with van der Waals surface area (Å²) in [6.07, 6.45) is 16.5. The minimum absolute atomic E-state index is 0.734. The second-order valence-corrected chi connectivity index (χ2v) is 4.77. The minimum atomic E-state index is 0.734. The largest absolute Gasteiger partial charge is 0.317 e. The number of nitrogens with zero attached hydrogens (tertiary/aromatic N) is 1. The first kappa shape index (κ1) is 15.5. The Hall–Kier alpha value is -0.510. The summed E-state index contributed by atoms with van der Waals surface area (Å²) in [7, 11) is 0. The Balaban J connectivity index is 2.86. The molecule has 0 unspecified atom stereocenters. The Morgan fingerprint density at radius 3 is 1.38 bits per heavy atom. The van der Waals surface area contributed by atoms with Crippen LogP contribution in [0.5, 0.6) is 0 Å². The van der Waals surface area contributed by atoms with Gasteiger partial charge in [0.15, 0.2) is 0 Å². The highest BCUT2D eigenvalue weighted by Crippen LogP contribution is 2.11. The van der Waals surface area contributed by atoms with Crippen molar-refractivity contribution in [1.29, 1.82) is 0 Å². The third-order valence-electron chi connectivity index (χ3n) is 3.12. The summed E-state index contributed by atoms with van der Waals surface area (Å²) in [5.74, 6) is 0. The molecule has 0 bridgehead atoms. The summed E-state index contributed by atoms with van der Waals surface area (Å²) in [6, 6.07) is 0. The van der Waals surface area contributed by atoms with E-state index in [1.54, 1.807) is 0 Å². The van der Waals surface area contributed by atoms with Gasteiger partial charge in [-0.15, -0.1) is 0 Å². The van der Waals surface area contributed by atoms with Crippen LogP contribution < -0.4 is 0 Å². The standard InChI is InChI=1S/C15H29N/c1-3-4-5-6-7-8-9-10-11-12-13-14-15-16-2/h3-15H2,1H3. The summed E-state index contributed by atoms with van der Waals surface area (Å²) in [5, 5.41) is 0. The third-order valence-corrected chi connectivity index (χ3v) is 3.12. The van der Waals surface area contributed by atoms with Gasteiger partial charge >= 0.3 is 0 Å². The van der Waals surface area contributed by atoms with Crippen LogP contribution in [0.3, 0.4) is 0 Å². The molecule has 0 aromatic carbocycles. The molecule has 0 radical (unpaired) electrons. The SMILES string of the molecule is [C-]#[N+]CCCCCCCCCCCCCC. The zero-order chi connectivity index (χ0) is 11.9. The second kappa shape index (κ2) is 14.5. The maximum Gasteiger partial charge on any atom is 0.214 e. The van der Waals surface area contributed by atoms with Crippen LogP contribution in [-0.2, 0) is 0 Å². The van der Waals surface area contributed by atoms with Crippen molar-refractivity contribution in [3.8, 4) is 0 Å². The zero-order valence-electron chi connectivity index (χ0n) is 11.1. The fourth-order valence-electron chi connectivity index (χ4n) is 2.03. The van der Waals surface area contributed by atoms with E-state index >= 15 is 0 Å². The van der Waals surface area contributed by atoms with Crippen LogP contribution in [0.1, 0.15) is 84.0 Å². The van der Waals surface area contributed by atoms with E-state index in [9.17, 15) is 0 Å². The monoisotopic (exact) mass is 223 g/mol. The molecular formula is C15H29N. The molecule has 1 nitrogen and oxygen atoms in total. The predicted molar refractivity (Wildman–Crippen MR) is 72.5 cm³/mol. The van der Waals surface area contributed by atoms with Crippen LogP contribution in [0.25, 0.3) is 4.85 Å². The summed E-state index contributed by atoms with van der Waals surface area (Å²) < 4.78 is 0. The lowest BCUT2D eigenvalue weighted by Gasteiger charge is -2.01. The van der Waals surface area contributed by atoms with Gasteiger partial charge in [-0.25, -0.2) is 6.57 Å². The number of hydrogen-bond acceptors (Lipinski definition) is 0. The first-order valence-corrected chi connectivity index (χ1v) is 7.25. The van der Waals surface area contributed by atoms with Crippen molar-refractivity contribution in [3.05, 3.63) is 11.4 Å². The van der Waals surface area contributed by atoms with Crippen LogP contribution in [-0.4, -0.2) is 6.54 Å². The van der Waals surface area contributed by atoms with Gasteiger partial charge in [-0.1, -0.05) is 71.1 Å². The van der Waals surface area contributed by atoms with E-state index in [1.165, 1.54) is 70.6 Å². The van der Waals surface area contributed by atoms with Crippen molar-refractivity contribution in [2.24, 2.45) is 0 Å². The molecule has 16 heavy (non-hydrogen) atoms. The Labute approximate surface area is 102 Å². The average molecular weight is 223 g/mol. The van der Waals surface area contributed by atoms with Gasteiger partial charge in [-0.3, -0.25) is 0 Å². The highest BCUT2D eigenvalue weighted by molar-refractivity contribution is 4.58. The molecule has 94 valence electrons. The van der Waals surface area contributed by atoms with E-state index in [2.05, 4.69) is 11.8 Å². The van der Waals surface area contributed by atoms with Crippen molar-refractivity contribution in [3.63, 3.8) is 0 Å². The molecule has 0 atom stereocenters.